The molecule has 1 aliphatic carbocycles. The molecule has 0 bridgehead atoms. The molecule has 2 rings (SSSR count). The number of thiophene rings is 1. The van der Waals surface area contributed by atoms with Crippen LogP contribution in [0, 0.1) is 5.92 Å². The van der Waals surface area contributed by atoms with E-state index in [1.165, 1.54) is 37.0 Å². The first-order chi connectivity index (χ1) is 7.77. The molecule has 1 aromatic heterocycles. The van der Waals surface area contributed by atoms with Crippen LogP contribution in [-0.2, 0) is 0 Å². The van der Waals surface area contributed by atoms with E-state index in [9.17, 15) is 0 Å². The number of hydrogen-bond acceptors (Lipinski definition) is 2. The Labute approximate surface area is 103 Å². The van der Waals surface area contributed by atoms with Crippen molar-refractivity contribution < 1.29 is 0 Å². The maximum Gasteiger partial charge on any atom is 0.0388 e. The second-order valence-corrected chi connectivity index (χ2v) is 6.10. The molecule has 0 aliphatic heterocycles. The highest BCUT2D eigenvalue weighted by Gasteiger charge is 2.21. The Morgan fingerprint density at radius 1 is 1.31 bits per heavy atom. The lowest BCUT2D eigenvalue weighted by molar-refractivity contribution is 0.332. The molecule has 1 fully saturated rings. The summed E-state index contributed by atoms with van der Waals surface area (Å²) in [5, 5.41) is 5.99. The van der Waals surface area contributed by atoms with Gasteiger partial charge in [0.1, 0.15) is 0 Å². The van der Waals surface area contributed by atoms with Gasteiger partial charge in [-0.1, -0.05) is 32.3 Å². The number of rotatable bonds is 3. The standard InChI is InChI=1S/C14H23NS/c1-11-7-4-3-5-8-13(11)15-12(2)14-9-6-10-16-14/h6,9-13,15H,3-5,7-8H2,1-2H3. The fourth-order valence-electron chi connectivity index (χ4n) is 2.68. The van der Waals surface area contributed by atoms with Crippen LogP contribution in [-0.4, -0.2) is 6.04 Å². The number of hydrogen-bond donors (Lipinski definition) is 1. The molecule has 1 aliphatic rings. The molecular weight excluding hydrogens is 214 g/mol. The largest absolute Gasteiger partial charge is 0.306 e. The van der Waals surface area contributed by atoms with Gasteiger partial charge in [-0.15, -0.1) is 11.3 Å². The summed E-state index contributed by atoms with van der Waals surface area (Å²) >= 11 is 1.86. The maximum atomic E-state index is 3.82. The van der Waals surface area contributed by atoms with Crippen LogP contribution in [0.15, 0.2) is 17.5 Å². The Morgan fingerprint density at radius 3 is 2.88 bits per heavy atom. The molecule has 16 heavy (non-hydrogen) atoms. The van der Waals surface area contributed by atoms with Crippen molar-refractivity contribution in [2.45, 2.75) is 58.0 Å². The molecule has 0 amide bonds. The summed E-state index contributed by atoms with van der Waals surface area (Å²) in [5.41, 5.74) is 0. The van der Waals surface area contributed by atoms with Gasteiger partial charge in [0.25, 0.3) is 0 Å². The highest BCUT2D eigenvalue weighted by atomic mass is 32.1. The third kappa shape index (κ3) is 3.08. The smallest absolute Gasteiger partial charge is 0.0388 e. The lowest BCUT2D eigenvalue weighted by Crippen LogP contribution is -2.35. The first kappa shape index (κ1) is 12.1. The predicted molar refractivity (Wildman–Crippen MR) is 71.9 cm³/mol. The zero-order valence-corrected chi connectivity index (χ0v) is 11.2. The Balaban J connectivity index is 1.92. The van der Waals surface area contributed by atoms with Crippen LogP contribution >= 0.6 is 11.3 Å². The Hall–Kier alpha value is -0.340. The summed E-state index contributed by atoms with van der Waals surface area (Å²) < 4.78 is 0. The van der Waals surface area contributed by atoms with Gasteiger partial charge in [-0.3, -0.25) is 0 Å². The van der Waals surface area contributed by atoms with Crippen molar-refractivity contribution in [3.63, 3.8) is 0 Å². The first-order valence-corrected chi connectivity index (χ1v) is 7.45. The summed E-state index contributed by atoms with van der Waals surface area (Å²) in [4.78, 5) is 1.47. The van der Waals surface area contributed by atoms with E-state index in [-0.39, 0.29) is 0 Å². The van der Waals surface area contributed by atoms with Crippen LogP contribution in [0.5, 0.6) is 0 Å². The highest BCUT2D eigenvalue weighted by Crippen LogP contribution is 2.26. The fourth-order valence-corrected chi connectivity index (χ4v) is 3.43. The van der Waals surface area contributed by atoms with Crippen LogP contribution in [0.1, 0.15) is 56.9 Å². The van der Waals surface area contributed by atoms with Crippen molar-refractivity contribution in [2.24, 2.45) is 5.92 Å². The Bertz CT molecular complexity index is 294. The normalized spacial score (nSPS) is 28.6. The topological polar surface area (TPSA) is 12.0 Å². The Morgan fingerprint density at radius 2 is 2.12 bits per heavy atom. The summed E-state index contributed by atoms with van der Waals surface area (Å²) in [6, 6.07) is 5.63. The average Bonchev–Trinajstić information content (AvgIpc) is 2.73. The number of nitrogens with one attached hydrogen (secondary N) is 1. The van der Waals surface area contributed by atoms with Crippen molar-refractivity contribution in [3.05, 3.63) is 22.4 Å². The van der Waals surface area contributed by atoms with Gasteiger partial charge in [0, 0.05) is 17.0 Å². The van der Waals surface area contributed by atoms with Gasteiger partial charge in [0.05, 0.1) is 0 Å². The van der Waals surface area contributed by atoms with Crippen molar-refractivity contribution in [3.8, 4) is 0 Å². The molecule has 1 heterocycles. The van der Waals surface area contributed by atoms with Crippen molar-refractivity contribution in [1.82, 2.24) is 5.32 Å². The fraction of sp³-hybridized carbons (Fsp3) is 0.714. The van der Waals surface area contributed by atoms with Gasteiger partial charge in [0.2, 0.25) is 0 Å². The van der Waals surface area contributed by atoms with E-state index in [0.717, 1.165) is 12.0 Å². The van der Waals surface area contributed by atoms with E-state index in [1.807, 2.05) is 11.3 Å². The molecule has 3 unspecified atom stereocenters. The molecule has 1 N–H and O–H groups in total. The molecule has 2 heteroatoms. The van der Waals surface area contributed by atoms with Crippen LogP contribution < -0.4 is 5.32 Å². The summed E-state index contributed by atoms with van der Waals surface area (Å²) in [7, 11) is 0. The van der Waals surface area contributed by atoms with Crippen LogP contribution in [0.4, 0.5) is 0 Å². The molecule has 1 aromatic rings. The van der Waals surface area contributed by atoms with E-state index >= 15 is 0 Å². The SMILES string of the molecule is CC(NC1CCCCCC1C)c1cccs1. The maximum absolute atomic E-state index is 3.82. The lowest BCUT2D eigenvalue weighted by Gasteiger charge is -2.26. The third-order valence-corrected chi connectivity index (χ3v) is 4.85. The molecule has 0 spiro atoms. The van der Waals surface area contributed by atoms with E-state index in [1.54, 1.807) is 0 Å². The van der Waals surface area contributed by atoms with Gasteiger partial charge in [-0.25, -0.2) is 0 Å². The highest BCUT2D eigenvalue weighted by molar-refractivity contribution is 7.10. The first-order valence-electron chi connectivity index (χ1n) is 6.57. The summed E-state index contributed by atoms with van der Waals surface area (Å²) in [6.07, 6.45) is 7.01. The van der Waals surface area contributed by atoms with E-state index in [2.05, 4.69) is 36.7 Å². The van der Waals surface area contributed by atoms with Crippen molar-refractivity contribution >= 4 is 11.3 Å². The quantitative estimate of drug-likeness (QED) is 0.770. The van der Waals surface area contributed by atoms with E-state index < -0.39 is 0 Å². The summed E-state index contributed by atoms with van der Waals surface area (Å²) in [5.74, 6) is 0.838. The van der Waals surface area contributed by atoms with E-state index in [0.29, 0.717) is 6.04 Å². The van der Waals surface area contributed by atoms with Gasteiger partial charge in [0.15, 0.2) is 0 Å². The van der Waals surface area contributed by atoms with Crippen molar-refractivity contribution in [1.29, 1.82) is 0 Å². The summed E-state index contributed by atoms with van der Waals surface area (Å²) in [6.45, 7) is 4.70. The second-order valence-electron chi connectivity index (χ2n) is 5.13. The molecule has 3 atom stereocenters. The zero-order valence-electron chi connectivity index (χ0n) is 10.4. The minimum absolute atomic E-state index is 0.519. The van der Waals surface area contributed by atoms with E-state index in [4.69, 9.17) is 0 Å². The average molecular weight is 237 g/mol. The molecular formula is C14H23NS. The van der Waals surface area contributed by atoms with Gasteiger partial charge >= 0.3 is 0 Å². The molecule has 1 saturated carbocycles. The van der Waals surface area contributed by atoms with Gasteiger partial charge in [-0.2, -0.15) is 0 Å². The third-order valence-electron chi connectivity index (χ3n) is 3.80. The molecule has 0 saturated heterocycles. The zero-order chi connectivity index (χ0) is 11.4. The minimum atomic E-state index is 0.519. The van der Waals surface area contributed by atoms with Crippen LogP contribution in [0.3, 0.4) is 0 Å². The van der Waals surface area contributed by atoms with Crippen molar-refractivity contribution in [2.75, 3.05) is 0 Å². The predicted octanol–water partition coefficient (Wildman–Crippen LogP) is 4.37. The lowest BCUT2D eigenvalue weighted by atomic mass is 9.96. The van der Waals surface area contributed by atoms with Crippen LogP contribution in [0.2, 0.25) is 0 Å². The molecule has 1 nitrogen and oxygen atoms in total. The van der Waals surface area contributed by atoms with Crippen LogP contribution in [0.25, 0.3) is 0 Å². The monoisotopic (exact) mass is 237 g/mol. The molecule has 90 valence electrons. The minimum Gasteiger partial charge on any atom is -0.306 e. The molecule has 0 radical (unpaired) electrons. The van der Waals surface area contributed by atoms with Gasteiger partial charge in [-0.05, 0) is 37.1 Å². The second kappa shape index (κ2) is 5.83. The van der Waals surface area contributed by atoms with Gasteiger partial charge < -0.3 is 5.32 Å². The Kier molecular flexibility index (Phi) is 4.42. The molecule has 0 aromatic carbocycles.